The lowest BCUT2D eigenvalue weighted by Crippen LogP contribution is -2.37. The van der Waals surface area contributed by atoms with Gasteiger partial charge in [0, 0.05) is 43.2 Å². The van der Waals surface area contributed by atoms with Crippen molar-refractivity contribution in [3.63, 3.8) is 0 Å². The molecular weight excluding hydrogens is 430 g/mol. The zero-order valence-corrected chi connectivity index (χ0v) is 19.2. The Balaban J connectivity index is 1.65. The van der Waals surface area contributed by atoms with E-state index in [0.29, 0.717) is 68.7 Å². The van der Waals surface area contributed by atoms with Crippen LogP contribution in [0.5, 0.6) is 0 Å². The molecule has 0 radical (unpaired) electrons. The number of amides is 2. The molecule has 32 heavy (non-hydrogen) atoms. The monoisotopic (exact) mass is 459 g/mol. The Morgan fingerprint density at radius 2 is 1.84 bits per heavy atom. The van der Waals surface area contributed by atoms with Gasteiger partial charge in [-0.15, -0.1) is 0 Å². The summed E-state index contributed by atoms with van der Waals surface area (Å²) >= 11 is 0. The molecule has 2 N–H and O–H groups in total. The number of hydrogen-bond donors (Lipinski definition) is 2. The first-order chi connectivity index (χ1) is 15.3. The molecule has 1 aromatic heterocycles. The highest BCUT2D eigenvalue weighted by atomic mass is 32.2. The van der Waals surface area contributed by atoms with E-state index in [1.807, 2.05) is 25.1 Å². The zero-order chi connectivity index (χ0) is 22.8. The first-order valence-corrected chi connectivity index (χ1v) is 12.8. The van der Waals surface area contributed by atoms with Gasteiger partial charge in [0.1, 0.15) is 10.6 Å². The summed E-state index contributed by atoms with van der Waals surface area (Å²) < 4.78 is 29.6. The number of rotatable bonds is 7. The van der Waals surface area contributed by atoms with Crippen molar-refractivity contribution in [2.75, 3.05) is 49.3 Å². The largest absolute Gasteiger partial charge is 0.378 e. The predicted molar refractivity (Wildman–Crippen MR) is 124 cm³/mol. The van der Waals surface area contributed by atoms with Crippen LogP contribution in [0, 0.1) is 0 Å². The number of carbonyl (C=O) groups is 1. The van der Waals surface area contributed by atoms with Gasteiger partial charge < -0.3 is 20.3 Å². The molecule has 10 heteroatoms. The van der Waals surface area contributed by atoms with Gasteiger partial charge in [0.15, 0.2) is 15.7 Å². The normalized spacial score (nSPS) is 17.6. The SMILES string of the molecule is CCCNC(=O)Nc1ccc(-c2nc(N3CCOCC3)cc(C3(S(C)(=O)=O)CC3)n2)cc1. The first-order valence-electron chi connectivity index (χ1n) is 10.9. The second-order valence-electron chi connectivity index (χ2n) is 8.26. The summed E-state index contributed by atoms with van der Waals surface area (Å²) in [6, 6.07) is 8.80. The highest BCUT2D eigenvalue weighted by Gasteiger charge is 2.55. The van der Waals surface area contributed by atoms with Crippen LogP contribution < -0.4 is 15.5 Å². The maximum absolute atomic E-state index is 12.5. The molecule has 2 heterocycles. The van der Waals surface area contributed by atoms with Crippen LogP contribution >= 0.6 is 0 Å². The van der Waals surface area contributed by atoms with E-state index >= 15 is 0 Å². The fourth-order valence-electron chi connectivity index (χ4n) is 3.80. The van der Waals surface area contributed by atoms with E-state index in [1.54, 1.807) is 12.1 Å². The number of sulfone groups is 1. The molecule has 2 fully saturated rings. The van der Waals surface area contributed by atoms with Crippen molar-refractivity contribution in [1.82, 2.24) is 15.3 Å². The number of nitrogens with zero attached hydrogens (tertiary/aromatic N) is 3. The Morgan fingerprint density at radius 1 is 1.16 bits per heavy atom. The molecule has 1 aromatic carbocycles. The van der Waals surface area contributed by atoms with Gasteiger partial charge in [-0.1, -0.05) is 6.92 Å². The number of anilines is 2. The molecular formula is C22H29N5O4S. The van der Waals surface area contributed by atoms with Gasteiger partial charge >= 0.3 is 6.03 Å². The summed E-state index contributed by atoms with van der Waals surface area (Å²) in [5, 5.41) is 5.56. The van der Waals surface area contributed by atoms with Crippen LogP contribution in [0.4, 0.5) is 16.3 Å². The van der Waals surface area contributed by atoms with E-state index in [9.17, 15) is 13.2 Å². The van der Waals surface area contributed by atoms with Crippen LogP contribution in [-0.2, 0) is 19.3 Å². The molecule has 1 aliphatic heterocycles. The highest BCUT2D eigenvalue weighted by molar-refractivity contribution is 7.91. The topological polar surface area (TPSA) is 114 Å². The maximum atomic E-state index is 12.5. The number of morpholine rings is 1. The Labute approximate surface area is 188 Å². The van der Waals surface area contributed by atoms with Crippen LogP contribution in [-0.4, -0.2) is 63.5 Å². The molecule has 0 unspecified atom stereocenters. The minimum Gasteiger partial charge on any atom is -0.378 e. The third-order valence-electron chi connectivity index (χ3n) is 5.86. The predicted octanol–water partition coefficient (Wildman–Crippen LogP) is 2.55. The van der Waals surface area contributed by atoms with E-state index in [1.165, 1.54) is 6.26 Å². The van der Waals surface area contributed by atoms with Gasteiger partial charge in [0.25, 0.3) is 0 Å². The second kappa shape index (κ2) is 9.03. The van der Waals surface area contributed by atoms with Gasteiger partial charge in [-0.2, -0.15) is 0 Å². The molecule has 1 saturated carbocycles. The number of nitrogens with one attached hydrogen (secondary N) is 2. The van der Waals surface area contributed by atoms with Gasteiger partial charge in [-0.05, 0) is 43.5 Å². The van der Waals surface area contributed by atoms with Crippen molar-refractivity contribution in [2.45, 2.75) is 30.9 Å². The van der Waals surface area contributed by atoms with Gasteiger partial charge in [0.2, 0.25) is 0 Å². The summed E-state index contributed by atoms with van der Waals surface area (Å²) in [7, 11) is -3.31. The minimum absolute atomic E-state index is 0.253. The maximum Gasteiger partial charge on any atom is 0.319 e. The molecule has 0 spiro atoms. The summed E-state index contributed by atoms with van der Waals surface area (Å²) in [5.41, 5.74) is 1.96. The summed E-state index contributed by atoms with van der Waals surface area (Å²) in [6.07, 6.45) is 3.28. The highest BCUT2D eigenvalue weighted by Crippen LogP contribution is 2.52. The molecule has 0 atom stereocenters. The first kappa shape index (κ1) is 22.5. The lowest BCUT2D eigenvalue weighted by molar-refractivity contribution is 0.122. The summed E-state index contributed by atoms with van der Waals surface area (Å²) in [4.78, 5) is 23.4. The third kappa shape index (κ3) is 4.71. The Kier molecular flexibility index (Phi) is 6.34. The van der Waals surface area contributed by atoms with Gasteiger partial charge in [-0.3, -0.25) is 0 Å². The van der Waals surface area contributed by atoms with Crippen molar-refractivity contribution in [3.8, 4) is 11.4 Å². The van der Waals surface area contributed by atoms with Crippen molar-refractivity contribution >= 4 is 27.4 Å². The fraction of sp³-hybridized carbons (Fsp3) is 0.500. The Hall–Kier alpha value is -2.72. The molecule has 9 nitrogen and oxygen atoms in total. The minimum atomic E-state index is -3.31. The van der Waals surface area contributed by atoms with E-state index in [-0.39, 0.29) is 6.03 Å². The number of hydrogen-bond acceptors (Lipinski definition) is 7. The fourth-order valence-corrected chi connectivity index (χ4v) is 5.13. The van der Waals surface area contributed by atoms with Crippen LogP contribution in [0.3, 0.4) is 0 Å². The van der Waals surface area contributed by atoms with E-state index < -0.39 is 14.6 Å². The quantitative estimate of drug-likeness (QED) is 0.654. The van der Waals surface area contributed by atoms with E-state index in [2.05, 4.69) is 20.5 Å². The second-order valence-corrected chi connectivity index (χ2v) is 10.6. The molecule has 0 bridgehead atoms. The Bertz CT molecular complexity index is 1080. The molecule has 1 aliphatic carbocycles. The molecule has 172 valence electrons. The molecule has 2 amide bonds. The standard InChI is InChI=1S/C22H29N5O4S/c1-3-10-23-21(28)24-17-6-4-16(5-7-17)20-25-18(22(8-9-22)32(2,29)30)15-19(26-20)27-11-13-31-14-12-27/h4-7,15H,3,8-14H2,1-2H3,(H2,23,24,28). The summed E-state index contributed by atoms with van der Waals surface area (Å²) in [6.45, 7) is 5.19. The van der Waals surface area contributed by atoms with Crippen molar-refractivity contribution in [3.05, 3.63) is 36.0 Å². The molecule has 4 rings (SSSR count). The number of ether oxygens (including phenoxy) is 1. The number of benzene rings is 1. The molecule has 2 aliphatic rings. The lowest BCUT2D eigenvalue weighted by Gasteiger charge is -2.29. The van der Waals surface area contributed by atoms with Crippen LogP contribution in [0.2, 0.25) is 0 Å². The van der Waals surface area contributed by atoms with Crippen LogP contribution in [0.15, 0.2) is 30.3 Å². The van der Waals surface area contributed by atoms with Gasteiger partial charge in [0.05, 0.1) is 18.9 Å². The van der Waals surface area contributed by atoms with Crippen LogP contribution in [0.1, 0.15) is 31.9 Å². The number of aromatic nitrogens is 2. The molecule has 1 saturated heterocycles. The molecule has 2 aromatic rings. The summed E-state index contributed by atoms with van der Waals surface area (Å²) in [5.74, 6) is 1.19. The van der Waals surface area contributed by atoms with Crippen molar-refractivity contribution in [1.29, 1.82) is 0 Å². The van der Waals surface area contributed by atoms with Crippen LogP contribution in [0.25, 0.3) is 11.4 Å². The lowest BCUT2D eigenvalue weighted by atomic mass is 10.1. The van der Waals surface area contributed by atoms with E-state index in [0.717, 1.165) is 12.0 Å². The number of carbonyl (C=O) groups excluding carboxylic acids is 1. The zero-order valence-electron chi connectivity index (χ0n) is 18.4. The third-order valence-corrected chi connectivity index (χ3v) is 7.90. The Morgan fingerprint density at radius 3 is 2.44 bits per heavy atom. The average molecular weight is 460 g/mol. The van der Waals surface area contributed by atoms with E-state index in [4.69, 9.17) is 9.72 Å². The number of urea groups is 1. The van der Waals surface area contributed by atoms with Crippen molar-refractivity contribution < 1.29 is 17.9 Å². The van der Waals surface area contributed by atoms with Crippen molar-refractivity contribution in [2.24, 2.45) is 0 Å². The van der Waals surface area contributed by atoms with Gasteiger partial charge in [-0.25, -0.2) is 23.2 Å². The smallest absolute Gasteiger partial charge is 0.319 e. The average Bonchev–Trinajstić information content (AvgIpc) is 3.61.